The molecule has 1 aromatic carbocycles. The van der Waals surface area contributed by atoms with E-state index in [-0.39, 0.29) is 0 Å². The van der Waals surface area contributed by atoms with Crippen molar-refractivity contribution in [2.75, 3.05) is 5.32 Å². The van der Waals surface area contributed by atoms with Crippen molar-refractivity contribution >= 4 is 33.0 Å². The number of rotatable bonds is 3. The summed E-state index contributed by atoms with van der Waals surface area (Å²) in [4.78, 5) is 1.33. The van der Waals surface area contributed by atoms with E-state index >= 15 is 0 Å². The number of nitrogens with one attached hydrogen (secondary N) is 1. The van der Waals surface area contributed by atoms with Crippen molar-refractivity contribution < 1.29 is 4.74 Å². The van der Waals surface area contributed by atoms with Crippen molar-refractivity contribution in [3.63, 3.8) is 0 Å². The maximum Gasteiger partial charge on any atom is 0.0725 e. The molecule has 1 unspecified atom stereocenters. The smallest absolute Gasteiger partial charge is 0.0725 e. The lowest BCUT2D eigenvalue weighted by Gasteiger charge is -2.14. The van der Waals surface area contributed by atoms with E-state index in [1.807, 2.05) is 0 Å². The molecule has 0 fully saturated rings. The minimum atomic E-state index is 0.321. The summed E-state index contributed by atoms with van der Waals surface area (Å²) in [5.41, 5.74) is 3.78. The van der Waals surface area contributed by atoms with E-state index in [2.05, 4.69) is 58.5 Å². The molecule has 0 saturated carbocycles. The zero-order chi connectivity index (χ0) is 12.5. The lowest BCUT2D eigenvalue weighted by molar-refractivity contribution is 0.134. The first-order chi connectivity index (χ1) is 8.72. The first kappa shape index (κ1) is 12.2. The van der Waals surface area contributed by atoms with Crippen LogP contribution in [0.15, 0.2) is 34.1 Å². The minimum absolute atomic E-state index is 0.321. The molecule has 2 nitrogen and oxygen atoms in total. The van der Waals surface area contributed by atoms with Crippen LogP contribution < -0.4 is 5.32 Å². The average molecular weight is 324 g/mol. The molecular formula is C14H14BrNOS. The Morgan fingerprint density at radius 1 is 1.22 bits per heavy atom. The molecule has 0 bridgehead atoms. The lowest BCUT2D eigenvalue weighted by atomic mass is 10.1. The molecule has 2 heterocycles. The van der Waals surface area contributed by atoms with E-state index in [4.69, 9.17) is 4.74 Å². The van der Waals surface area contributed by atoms with Gasteiger partial charge in [0.05, 0.1) is 23.0 Å². The topological polar surface area (TPSA) is 21.3 Å². The van der Waals surface area contributed by atoms with Crippen molar-refractivity contribution in [1.29, 1.82) is 0 Å². The molecule has 0 saturated heterocycles. The number of hydrogen-bond acceptors (Lipinski definition) is 3. The fraction of sp³-hybridized carbons (Fsp3) is 0.286. The summed E-state index contributed by atoms with van der Waals surface area (Å²) < 4.78 is 6.61. The molecule has 1 aliphatic rings. The number of anilines is 1. The fourth-order valence-corrected chi connectivity index (χ4v) is 3.57. The molecule has 1 aromatic heterocycles. The van der Waals surface area contributed by atoms with Gasteiger partial charge in [-0.25, -0.2) is 0 Å². The molecular weight excluding hydrogens is 310 g/mol. The molecule has 1 atom stereocenters. The summed E-state index contributed by atoms with van der Waals surface area (Å²) in [5.74, 6) is 0. The van der Waals surface area contributed by atoms with Crippen LogP contribution in [0.4, 0.5) is 5.69 Å². The van der Waals surface area contributed by atoms with Crippen LogP contribution in [-0.2, 0) is 18.0 Å². The van der Waals surface area contributed by atoms with Gasteiger partial charge in [-0.2, -0.15) is 0 Å². The van der Waals surface area contributed by atoms with Crippen LogP contribution in [0, 0.1) is 0 Å². The number of fused-ring (bicyclic) bond motifs is 1. The molecule has 2 aromatic rings. The molecule has 1 aliphatic heterocycles. The van der Waals surface area contributed by atoms with E-state index < -0.39 is 0 Å². The number of benzene rings is 1. The summed E-state index contributed by atoms with van der Waals surface area (Å²) in [6, 6.07) is 11.1. The second-order valence-corrected chi connectivity index (χ2v) is 6.98. The quantitative estimate of drug-likeness (QED) is 0.882. The van der Waals surface area contributed by atoms with E-state index in [9.17, 15) is 0 Å². The normalized spacial score (nSPS) is 15.4. The fourth-order valence-electron chi connectivity index (χ4n) is 2.14. The molecule has 0 amide bonds. The highest BCUT2D eigenvalue weighted by atomic mass is 79.9. The van der Waals surface area contributed by atoms with Crippen LogP contribution in [0.25, 0.3) is 0 Å². The predicted octanol–water partition coefficient (Wildman–Crippen LogP) is 4.71. The Kier molecular flexibility index (Phi) is 3.41. The Morgan fingerprint density at radius 2 is 2.06 bits per heavy atom. The highest BCUT2D eigenvalue weighted by Gasteiger charge is 2.13. The van der Waals surface area contributed by atoms with E-state index in [0.29, 0.717) is 6.04 Å². The van der Waals surface area contributed by atoms with Gasteiger partial charge >= 0.3 is 0 Å². The third-order valence-electron chi connectivity index (χ3n) is 3.13. The Labute approximate surface area is 119 Å². The Morgan fingerprint density at radius 3 is 2.83 bits per heavy atom. The van der Waals surface area contributed by atoms with Gasteiger partial charge in [-0.05, 0) is 58.2 Å². The minimum Gasteiger partial charge on any atom is -0.378 e. The number of ether oxygens (including phenoxy) is 1. The molecule has 3 rings (SSSR count). The van der Waals surface area contributed by atoms with Gasteiger partial charge in [0.2, 0.25) is 0 Å². The van der Waals surface area contributed by atoms with Gasteiger partial charge in [-0.15, -0.1) is 11.3 Å². The van der Waals surface area contributed by atoms with Gasteiger partial charge in [-0.1, -0.05) is 6.07 Å². The standard InChI is InChI=1S/C14H14BrNOS/c1-9(13-4-5-14(15)18-13)16-12-3-2-10-7-17-8-11(10)6-12/h2-6,9,16H,7-8H2,1H3. The number of hydrogen-bond donors (Lipinski definition) is 1. The summed E-state index contributed by atoms with van der Waals surface area (Å²) in [7, 11) is 0. The average Bonchev–Trinajstić information content (AvgIpc) is 2.96. The van der Waals surface area contributed by atoms with Crippen LogP contribution in [0.2, 0.25) is 0 Å². The summed E-state index contributed by atoms with van der Waals surface area (Å²) in [6.07, 6.45) is 0. The zero-order valence-corrected chi connectivity index (χ0v) is 12.5. The van der Waals surface area contributed by atoms with Crippen LogP contribution in [0.1, 0.15) is 29.0 Å². The number of halogens is 1. The van der Waals surface area contributed by atoms with Gasteiger partial charge in [0.25, 0.3) is 0 Å². The molecule has 0 radical (unpaired) electrons. The molecule has 0 spiro atoms. The maximum absolute atomic E-state index is 5.43. The van der Waals surface area contributed by atoms with E-state index in [1.165, 1.54) is 19.8 Å². The second kappa shape index (κ2) is 5.03. The third-order valence-corrected chi connectivity index (χ3v) is 4.93. The Balaban J connectivity index is 1.76. The van der Waals surface area contributed by atoms with E-state index in [1.54, 1.807) is 11.3 Å². The van der Waals surface area contributed by atoms with Gasteiger partial charge in [0.1, 0.15) is 0 Å². The molecule has 4 heteroatoms. The predicted molar refractivity (Wildman–Crippen MR) is 79.0 cm³/mol. The Bertz CT molecular complexity index is 567. The van der Waals surface area contributed by atoms with Crippen LogP contribution in [0.3, 0.4) is 0 Å². The van der Waals surface area contributed by atoms with Gasteiger partial charge in [0, 0.05) is 10.6 Å². The van der Waals surface area contributed by atoms with Gasteiger partial charge in [0.15, 0.2) is 0 Å². The van der Waals surface area contributed by atoms with Crippen molar-refractivity contribution in [2.45, 2.75) is 26.2 Å². The molecule has 94 valence electrons. The monoisotopic (exact) mass is 323 g/mol. The van der Waals surface area contributed by atoms with Crippen LogP contribution in [0.5, 0.6) is 0 Å². The Hall–Kier alpha value is -0.840. The van der Waals surface area contributed by atoms with Crippen molar-refractivity contribution in [3.05, 3.63) is 50.1 Å². The first-order valence-corrected chi connectivity index (χ1v) is 7.54. The highest BCUT2D eigenvalue weighted by molar-refractivity contribution is 9.11. The maximum atomic E-state index is 5.43. The van der Waals surface area contributed by atoms with Crippen molar-refractivity contribution in [1.82, 2.24) is 0 Å². The lowest BCUT2D eigenvalue weighted by Crippen LogP contribution is -2.05. The van der Waals surface area contributed by atoms with Gasteiger partial charge < -0.3 is 10.1 Å². The van der Waals surface area contributed by atoms with Crippen LogP contribution in [-0.4, -0.2) is 0 Å². The van der Waals surface area contributed by atoms with Gasteiger partial charge in [-0.3, -0.25) is 0 Å². The largest absolute Gasteiger partial charge is 0.378 e. The second-order valence-electron chi connectivity index (χ2n) is 4.48. The van der Waals surface area contributed by atoms with Crippen molar-refractivity contribution in [3.8, 4) is 0 Å². The first-order valence-electron chi connectivity index (χ1n) is 5.94. The van der Waals surface area contributed by atoms with E-state index in [0.717, 1.165) is 18.9 Å². The highest BCUT2D eigenvalue weighted by Crippen LogP contribution is 2.30. The molecule has 18 heavy (non-hydrogen) atoms. The summed E-state index contributed by atoms with van der Waals surface area (Å²) in [5, 5.41) is 3.54. The number of thiophene rings is 1. The zero-order valence-electron chi connectivity index (χ0n) is 10.1. The van der Waals surface area contributed by atoms with Crippen molar-refractivity contribution in [2.24, 2.45) is 0 Å². The molecule has 0 aliphatic carbocycles. The summed E-state index contributed by atoms with van der Waals surface area (Å²) >= 11 is 5.27. The molecule has 1 N–H and O–H groups in total. The SMILES string of the molecule is CC(Nc1ccc2c(c1)COC2)c1ccc(Br)s1. The summed E-state index contributed by atoms with van der Waals surface area (Å²) in [6.45, 7) is 3.68. The van der Waals surface area contributed by atoms with Crippen LogP contribution >= 0.6 is 27.3 Å². The third kappa shape index (κ3) is 2.46.